The second-order valence-electron chi connectivity index (χ2n) is 6.16. The summed E-state index contributed by atoms with van der Waals surface area (Å²) in [5.41, 5.74) is 3.58. The topological polar surface area (TPSA) is 85.2 Å². The molecule has 3 aromatic rings. The first-order valence-electron chi connectivity index (χ1n) is 8.59. The molecule has 1 aromatic carbocycles. The van der Waals surface area contributed by atoms with Gasteiger partial charge in [-0.15, -0.1) is 0 Å². The maximum Gasteiger partial charge on any atom is 0.251 e. The quantitative estimate of drug-likeness (QED) is 0.610. The highest BCUT2D eigenvalue weighted by Gasteiger charge is 2.13. The van der Waals surface area contributed by atoms with Gasteiger partial charge < -0.3 is 15.4 Å². The van der Waals surface area contributed by atoms with Crippen LogP contribution >= 0.6 is 11.3 Å². The van der Waals surface area contributed by atoms with Crippen molar-refractivity contribution in [3.8, 4) is 5.13 Å². The first-order chi connectivity index (χ1) is 13.0. The van der Waals surface area contributed by atoms with Crippen molar-refractivity contribution in [2.45, 2.75) is 13.8 Å². The van der Waals surface area contributed by atoms with Gasteiger partial charge in [0, 0.05) is 30.6 Å². The summed E-state index contributed by atoms with van der Waals surface area (Å²) in [6.07, 6.45) is 0. The van der Waals surface area contributed by atoms with Crippen molar-refractivity contribution in [2.75, 3.05) is 26.8 Å². The van der Waals surface area contributed by atoms with Gasteiger partial charge in [-0.25, -0.2) is 4.98 Å². The van der Waals surface area contributed by atoms with Gasteiger partial charge in [0.2, 0.25) is 5.91 Å². The van der Waals surface area contributed by atoms with E-state index in [2.05, 4.69) is 32.3 Å². The van der Waals surface area contributed by atoms with E-state index in [-0.39, 0.29) is 18.4 Å². The van der Waals surface area contributed by atoms with Crippen LogP contribution in [-0.2, 0) is 9.53 Å². The van der Waals surface area contributed by atoms with Gasteiger partial charge in [-0.05, 0) is 44.2 Å². The molecule has 0 aliphatic rings. The summed E-state index contributed by atoms with van der Waals surface area (Å²) in [6, 6.07) is 9.47. The Balaban J connectivity index is 1.71. The van der Waals surface area contributed by atoms with E-state index in [9.17, 15) is 9.59 Å². The Morgan fingerprint density at radius 3 is 2.59 bits per heavy atom. The van der Waals surface area contributed by atoms with Gasteiger partial charge in [-0.3, -0.25) is 14.2 Å². The maximum absolute atomic E-state index is 12.3. The highest BCUT2D eigenvalue weighted by Crippen LogP contribution is 2.28. The molecule has 2 aromatic heterocycles. The summed E-state index contributed by atoms with van der Waals surface area (Å²) in [5, 5.41) is 6.17. The summed E-state index contributed by atoms with van der Waals surface area (Å²) in [6.45, 7) is 4.85. The number of benzene rings is 1. The Morgan fingerprint density at radius 1 is 1.15 bits per heavy atom. The number of nitrogens with zero attached hydrogens (tertiary/aromatic N) is 2. The lowest BCUT2D eigenvalue weighted by Crippen LogP contribution is -2.38. The lowest BCUT2D eigenvalue weighted by molar-refractivity contribution is -0.120. The van der Waals surface area contributed by atoms with Crippen LogP contribution in [0.3, 0.4) is 0 Å². The summed E-state index contributed by atoms with van der Waals surface area (Å²) in [4.78, 5) is 28.7. The zero-order chi connectivity index (χ0) is 19.4. The average molecular weight is 386 g/mol. The average Bonchev–Trinajstić information content (AvgIpc) is 3.21. The second-order valence-corrected chi connectivity index (χ2v) is 7.16. The van der Waals surface area contributed by atoms with Crippen molar-refractivity contribution in [1.29, 1.82) is 0 Å². The SMILES string of the molecule is COCCNC(=O)CNC(=O)c1ccc2nc(-n3c(C)ccc3C)sc2c1. The molecule has 2 amide bonds. The van der Waals surface area contributed by atoms with Crippen LogP contribution in [0.15, 0.2) is 30.3 Å². The van der Waals surface area contributed by atoms with Crippen LogP contribution in [0.5, 0.6) is 0 Å². The van der Waals surface area contributed by atoms with E-state index in [0.29, 0.717) is 18.7 Å². The molecule has 142 valence electrons. The molecular formula is C19H22N4O3S. The number of aryl methyl sites for hydroxylation is 2. The molecule has 27 heavy (non-hydrogen) atoms. The number of carbonyl (C=O) groups excluding carboxylic acids is 2. The molecule has 0 radical (unpaired) electrons. The van der Waals surface area contributed by atoms with Gasteiger partial charge in [0.15, 0.2) is 5.13 Å². The van der Waals surface area contributed by atoms with Crippen molar-refractivity contribution in [3.05, 3.63) is 47.3 Å². The Hall–Kier alpha value is -2.71. The van der Waals surface area contributed by atoms with Crippen LogP contribution in [0.25, 0.3) is 15.3 Å². The van der Waals surface area contributed by atoms with Gasteiger partial charge in [0.25, 0.3) is 5.91 Å². The third-order valence-electron chi connectivity index (χ3n) is 4.14. The third-order valence-corrected chi connectivity index (χ3v) is 5.14. The Labute approximate surface area is 161 Å². The number of rotatable bonds is 7. The standard InChI is InChI=1S/C19H22N4O3S/c1-12-4-5-13(2)23(12)19-22-15-7-6-14(10-16(15)27-19)18(25)21-11-17(24)20-8-9-26-3/h4-7,10H,8-9,11H2,1-3H3,(H,20,24)(H,21,25). The van der Waals surface area contributed by atoms with Crippen molar-refractivity contribution < 1.29 is 14.3 Å². The zero-order valence-electron chi connectivity index (χ0n) is 15.5. The molecule has 0 aliphatic heterocycles. The normalized spacial score (nSPS) is 10.9. The van der Waals surface area contributed by atoms with E-state index in [4.69, 9.17) is 4.74 Å². The molecule has 7 nitrogen and oxygen atoms in total. The number of ether oxygens (including phenoxy) is 1. The zero-order valence-corrected chi connectivity index (χ0v) is 16.4. The van der Waals surface area contributed by atoms with Crippen LogP contribution in [-0.4, -0.2) is 48.2 Å². The van der Waals surface area contributed by atoms with Crippen LogP contribution in [0.1, 0.15) is 21.7 Å². The molecule has 0 atom stereocenters. The predicted molar refractivity (Wildman–Crippen MR) is 106 cm³/mol. The summed E-state index contributed by atoms with van der Waals surface area (Å²) < 4.78 is 7.88. The molecule has 3 rings (SSSR count). The number of thiazole rings is 1. The van der Waals surface area contributed by atoms with Crippen molar-refractivity contribution in [3.63, 3.8) is 0 Å². The van der Waals surface area contributed by atoms with E-state index in [1.165, 1.54) is 11.3 Å². The van der Waals surface area contributed by atoms with E-state index >= 15 is 0 Å². The molecule has 2 N–H and O–H groups in total. The molecule has 0 saturated heterocycles. The highest BCUT2D eigenvalue weighted by molar-refractivity contribution is 7.20. The second kappa shape index (κ2) is 8.32. The molecule has 0 aliphatic carbocycles. The fourth-order valence-corrected chi connectivity index (χ4v) is 3.86. The van der Waals surface area contributed by atoms with Crippen LogP contribution in [0.2, 0.25) is 0 Å². The van der Waals surface area contributed by atoms with Gasteiger partial charge in [0.1, 0.15) is 0 Å². The van der Waals surface area contributed by atoms with E-state index in [1.54, 1.807) is 13.2 Å². The largest absolute Gasteiger partial charge is 0.383 e. The molecule has 0 saturated carbocycles. The summed E-state index contributed by atoms with van der Waals surface area (Å²) in [5.74, 6) is -0.540. The molecule has 0 unspecified atom stereocenters. The number of methoxy groups -OCH3 is 1. The molecule has 0 bridgehead atoms. The van der Waals surface area contributed by atoms with Crippen LogP contribution in [0.4, 0.5) is 0 Å². The lowest BCUT2D eigenvalue weighted by atomic mass is 10.2. The first-order valence-corrected chi connectivity index (χ1v) is 9.41. The fraction of sp³-hybridized carbons (Fsp3) is 0.316. The van der Waals surface area contributed by atoms with Crippen molar-refractivity contribution in [2.24, 2.45) is 0 Å². The van der Waals surface area contributed by atoms with Gasteiger partial charge >= 0.3 is 0 Å². The number of hydrogen-bond donors (Lipinski definition) is 2. The Bertz CT molecular complexity index is 957. The molecule has 2 heterocycles. The third kappa shape index (κ3) is 4.35. The molecular weight excluding hydrogens is 364 g/mol. The van der Waals surface area contributed by atoms with Crippen LogP contribution in [0, 0.1) is 13.8 Å². The van der Waals surface area contributed by atoms with Gasteiger partial charge in [-0.1, -0.05) is 11.3 Å². The minimum Gasteiger partial charge on any atom is -0.383 e. The minimum atomic E-state index is -0.290. The molecule has 0 fully saturated rings. The van der Waals surface area contributed by atoms with Crippen LogP contribution < -0.4 is 10.6 Å². The fourth-order valence-electron chi connectivity index (χ4n) is 2.74. The number of amides is 2. The highest BCUT2D eigenvalue weighted by atomic mass is 32.1. The monoisotopic (exact) mass is 386 g/mol. The summed E-state index contributed by atoms with van der Waals surface area (Å²) >= 11 is 1.53. The number of fused-ring (bicyclic) bond motifs is 1. The van der Waals surface area contributed by atoms with Gasteiger partial charge in [0.05, 0.1) is 23.4 Å². The smallest absolute Gasteiger partial charge is 0.251 e. The molecule has 8 heteroatoms. The van der Waals surface area contributed by atoms with Gasteiger partial charge in [-0.2, -0.15) is 0 Å². The lowest BCUT2D eigenvalue weighted by Gasteiger charge is -2.06. The minimum absolute atomic E-state index is 0.0731. The number of carbonyl (C=O) groups is 2. The van der Waals surface area contributed by atoms with Crippen molar-refractivity contribution in [1.82, 2.24) is 20.2 Å². The van der Waals surface area contributed by atoms with Crippen molar-refractivity contribution >= 4 is 33.4 Å². The first kappa shape index (κ1) is 19.1. The Kier molecular flexibility index (Phi) is 5.88. The number of hydrogen-bond acceptors (Lipinski definition) is 5. The van der Waals surface area contributed by atoms with E-state index in [1.807, 2.05) is 26.0 Å². The Morgan fingerprint density at radius 2 is 1.89 bits per heavy atom. The summed E-state index contributed by atoms with van der Waals surface area (Å²) in [7, 11) is 1.56. The molecule has 0 spiro atoms. The number of aromatic nitrogens is 2. The van der Waals surface area contributed by atoms with E-state index < -0.39 is 0 Å². The number of nitrogens with one attached hydrogen (secondary N) is 2. The maximum atomic E-state index is 12.3. The van der Waals surface area contributed by atoms with E-state index in [0.717, 1.165) is 26.7 Å². The predicted octanol–water partition coefficient (Wildman–Crippen LogP) is 2.20.